The molecule has 2 aromatic rings. The molecule has 7 nitrogen and oxygen atoms in total. The van der Waals surface area contributed by atoms with E-state index in [4.69, 9.17) is 9.47 Å². The average Bonchev–Trinajstić information content (AvgIpc) is 2.52. The number of nitrogens with one attached hydrogen (secondary N) is 2. The van der Waals surface area contributed by atoms with Gasteiger partial charge in [0, 0.05) is 12.3 Å². The van der Waals surface area contributed by atoms with E-state index in [1.165, 1.54) is 0 Å². The number of rotatable bonds is 3. The van der Waals surface area contributed by atoms with Gasteiger partial charge in [-0.1, -0.05) is 6.07 Å². The lowest BCUT2D eigenvalue weighted by Gasteiger charge is -2.24. The van der Waals surface area contributed by atoms with Crippen molar-refractivity contribution in [2.75, 3.05) is 19.5 Å². The molecule has 0 radical (unpaired) electrons. The minimum Gasteiger partial charge on any atom is -0.493 e. The average molecular weight is 315 g/mol. The van der Waals surface area contributed by atoms with Gasteiger partial charge in [-0.15, -0.1) is 0 Å². The van der Waals surface area contributed by atoms with Crippen molar-refractivity contribution < 1.29 is 14.3 Å². The lowest BCUT2D eigenvalue weighted by atomic mass is 9.86. The molecule has 7 heteroatoms. The van der Waals surface area contributed by atoms with Crippen LogP contribution in [0.25, 0.3) is 0 Å². The summed E-state index contributed by atoms with van der Waals surface area (Å²) in [6, 6.07) is 5.37. The van der Waals surface area contributed by atoms with E-state index in [0.29, 0.717) is 28.7 Å². The van der Waals surface area contributed by atoms with Crippen molar-refractivity contribution in [1.29, 1.82) is 0 Å². The van der Waals surface area contributed by atoms with Crippen LogP contribution in [0.4, 0.5) is 5.82 Å². The lowest BCUT2D eigenvalue weighted by molar-refractivity contribution is -0.116. The summed E-state index contributed by atoms with van der Waals surface area (Å²) in [4.78, 5) is 31.3. The van der Waals surface area contributed by atoms with Gasteiger partial charge < -0.3 is 19.8 Å². The van der Waals surface area contributed by atoms with Crippen LogP contribution < -0.4 is 20.3 Å². The van der Waals surface area contributed by atoms with Crippen LogP contribution in [0.1, 0.15) is 29.3 Å². The zero-order chi connectivity index (χ0) is 16.6. The molecule has 1 aromatic carbocycles. The van der Waals surface area contributed by atoms with Gasteiger partial charge in [-0.2, -0.15) is 0 Å². The van der Waals surface area contributed by atoms with Gasteiger partial charge in [-0.05, 0) is 24.6 Å². The third-order valence-corrected chi connectivity index (χ3v) is 3.88. The monoisotopic (exact) mass is 315 g/mol. The van der Waals surface area contributed by atoms with Gasteiger partial charge in [0.15, 0.2) is 11.5 Å². The maximum absolute atomic E-state index is 12.3. The fourth-order valence-corrected chi connectivity index (χ4v) is 2.84. The Kier molecular flexibility index (Phi) is 3.77. The van der Waals surface area contributed by atoms with Crippen LogP contribution in [-0.2, 0) is 4.79 Å². The number of hydrogen-bond donors (Lipinski definition) is 2. The van der Waals surface area contributed by atoms with Gasteiger partial charge >= 0.3 is 0 Å². The second-order valence-corrected chi connectivity index (χ2v) is 5.33. The molecule has 0 saturated carbocycles. The number of carbonyl (C=O) groups excluding carboxylic acids is 1. The summed E-state index contributed by atoms with van der Waals surface area (Å²) in [7, 11) is 3.10. The minimum atomic E-state index is -0.379. The van der Waals surface area contributed by atoms with Crippen LogP contribution in [0.2, 0.25) is 0 Å². The van der Waals surface area contributed by atoms with Crippen LogP contribution in [0, 0.1) is 6.92 Å². The second kappa shape index (κ2) is 5.75. The highest BCUT2D eigenvalue weighted by molar-refractivity contribution is 5.94. The van der Waals surface area contributed by atoms with E-state index in [1.807, 2.05) is 6.07 Å². The Bertz CT molecular complexity index is 829. The zero-order valence-electron chi connectivity index (χ0n) is 13.1. The van der Waals surface area contributed by atoms with Crippen LogP contribution >= 0.6 is 0 Å². The molecule has 0 aliphatic carbocycles. The van der Waals surface area contributed by atoms with E-state index >= 15 is 0 Å². The van der Waals surface area contributed by atoms with E-state index < -0.39 is 0 Å². The fraction of sp³-hybridized carbons (Fsp3) is 0.312. The summed E-state index contributed by atoms with van der Waals surface area (Å²) < 4.78 is 10.5. The molecule has 1 aromatic heterocycles. The first-order valence-corrected chi connectivity index (χ1v) is 7.16. The topological polar surface area (TPSA) is 93.3 Å². The van der Waals surface area contributed by atoms with Crippen molar-refractivity contribution in [2.45, 2.75) is 19.3 Å². The van der Waals surface area contributed by atoms with E-state index in [-0.39, 0.29) is 23.8 Å². The van der Waals surface area contributed by atoms with Crippen molar-refractivity contribution in [3.63, 3.8) is 0 Å². The summed E-state index contributed by atoms with van der Waals surface area (Å²) in [5.74, 6) is 1.37. The largest absolute Gasteiger partial charge is 0.493 e. The summed E-state index contributed by atoms with van der Waals surface area (Å²) >= 11 is 0. The van der Waals surface area contributed by atoms with Gasteiger partial charge in [-0.3, -0.25) is 9.59 Å². The molecule has 23 heavy (non-hydrogen) atoms. The number of hydrogen-bond acceptors (Lipinski definition) is 5. The molecule has 0 fully saturated rings. The summed E-state index contributed by atoms with van der Waals surface area (Å²) in [6.45, 7) is 1.67. The molecule has 2 heterocycles. The molecule has 1 aliphatic heterocycles. The van der Waals surface area contributed by atoms with E-state index in [2.05, 4.69) is 15.3 Å². The van der Waals surface area contributed by atoms with Crippen molar-refractivity contribution >= 4 is 11.7 Å². The highest BCUT2D eigenvalue weighted by atomic mass is 16.5. The van der Waals surface area contributed by atoms with E-state index in [1.54, 1.807) is 33.3 Å². The molecule has 0 bridgehead atoms. The number of aromatic nitrogens is 2. The van der Waals surface area contributed by atoms with Crippen molar-refractivity contribution in [3.8, 4) is 11.5 Å². The lowest BCUT2D eigenvalue weighted by Crippen LogP contribution is -2.31. The molecule has 1 amide bonds. The summed E-state index contributed by atoms with van der Waals surface area (Å²) in [5, 5.41) is 2.67. The van der Waals surface area contributed by atoms with Gasteiger partial charge in [0.25, 0.3) is 5.56 Å². The third-order valence-electron chi connectivity index (χ3n) is 3.88. The maximum Gasteiger partial charge on any atom is 0.256 e. The number of amides is 1. The molecule has 2 N–H and O–H groups in total. The Morgan fingerprint density at radius 2 is 1.91 bits per heavy atom. The fourth-order valence-electron chi connectivity index (χ4n) is 2.84. The molecule has 3 rings (SSSR count). The summed E-state index contributed by atoms with van der Waals surface area (Å²) in [6.07, 6.45) is 0.177. The zero-order valence-corrected chi connectivity index (χ0v) is 13.1. The van der Waals surface area contributed by atoms with Crippen LogP contribution in [0.15, 0.2) is 23.0 Å². The Balaban J connectivity index is 2.15. The minimum absolute atomic E-state index is 0.171. The Labute approximate surface area is 132 Å². The smallest absolute Gasteiger partial charge is 0.256 e. The number of carbonyl (C=O) groups is 1. The first-order valence-electron chi connectivity index (χ1n) is 7.16. The molecule has 0 spiro atoms. The molecular formula is C16H17N3O4. The number of nitrogens with zero attached hydrogens (tertiary/aromatic N) is 1. The first-order chi connectivity index (χ1) is 11.0. The van der Waals surface area contributed by atoms with Crippen LogP contribution in [0.3, 0.4) is 0 Å². The molecule has 1 aliphatic rings. The number of benzene rings is 1. The third kappa shape index (κ3) is 2.65. The standard InChI is InChI=1S/C16H17N3O4/c1-8-17-15-14(16(21)18-8)10(7-13(20)19-15)9-4-5-11(22-2)12(6-9)23-3/h4-6,10H,7H2,1-3H3,(H2,17,18,19,20,21)/t10-/m0/s1. The number of aromatic amines is 1. The van der Waals surface area contributed by atoms with Gasteiger partial charge in [0.2, 0.25) is 5.91 Å². The molecule has 120 valence electrons. The van der Waals surface area contributed by atoms with Crippen molar-refractivity contribution in [3.05, 3.63) is 45.5 Å². The van der Waals surface area contributed by atoms with E-state index in [9.17, 15) is 9.59 Å². The number of anilines is 1. The number of methoxy groups -OCH3 is 2. The number of H-pyrrole nitrogens is 1. The van der Waals surface area contributed by atoms with Gasteiger partial charge in [0.05, 0.1) is 19.8 Å². The predicted molar refractivity (Wildman–Crippen MR) is 84.2 cm³/mol. The molecule has 0 saturated heterocycles. The van der Waals surface area contributed by atoms with Gasteiger partial charge in [0.1, 0.15) is 11.6 Å². The number of fused-ring (bicyclic) bond motifs is 1. The highest BCUT2D eigenvalue weighted by Gasteiger charge is 2.31. The SMILES string of the molecule is COc1ccc([C@@H]2CC(=O)Nc3nc(C)[nH]c(=O)c32)cc1OC. The Morgan fingerprint density at radius 1 is 1.17 bits per heavy atom. The second-order valence-electron chi connectivity index (χ2n) is 5.33. The summed E-state index contributed by atoms with van der Waals surface area (Å²) in [5.41, 5.74) is 1.02. The van der Waals surface area contributed by atoms with Gasteiger partial charge in [-0.25, -0.2) is 4.98 Å². The Morgan fingerprint density at radius 3 is 2.61 bits per heavy atom. The van der Waals surface area contributed by atoms with Crippen LogP contribution in [0.5, 0.6) is 11.5 Å². The predicted octanol–water partition coefficient (Wildman–Crippen LogP) is 1.57. The highest BCUT2D eigenvalue weighted by Crippen LogP contribution is 2.37. The first kappa shape index (κ1) is 15.1. The Hall–Kier alpha value is -2.83. The molecule has 0 unspecified atom stereocenters. The van der Waals surface area contributed by atoms with Crippen LogP contribution in [-0.4, -0.2) is 30.1 Å². The molecular weight excluding hydrogens is 298 g/mol. The maximum atomic E-state index is 12.3. The normalized spacial score (nSPS) is 16.5. The molecule has 1 atom stereocenters. The van der Waals surface area contributed by atoms with E-state index in [0.717, 1.165) is 5.56 Å². The quantitative estimate of drug-likeness (QED) is 0.897. The van der Waals surface area contributed by atoms with Crippen molar-refractivity contribution in [1.82, 2.24) is 9.97 Å². The number of aryl methyl sites for hydroxylation is 1. The number of ether oxygens (including phenoxy) is 2. The van der Waals surface area contributed by atoms with Crippen molar-refractivity contribution in [2.24, 2.45) is 0 Å².